The highest BCUT2D eigenvalue weighted by Gasteiger charge is 2.11. The minimum atomic E-state index is -0.0926. The summed E-state index contributed by atoms with van der Waals surface area (Å²) in [5.41, 5.74) is 1.14. The van der Waals surface area contributed by atoms with Crippen molar-refractivity contribution in [1.29, 1.82) is 0 Å². The van der Waals surface area contributed by atoms with Crippen molar-refractivity contribution in [2.24, 2.45) is 0 Å². The average molecular weight is 331 g/mol. The highest BCUT2D eigenvalue weighted by atomic mass is 35.5. The zero-order chi connectivity index (χ0) is 14.5. The summed E-state index contributed by atoms with van der Waals surface area (Å²) in [6.07, 6.45) is 7.15. The number of halogens is 2. The molecular formula is C12H12Cl2N4OS. The van der Waals surface area contributed by atoms with E-state index in [1.165, 1.54) is 10.9 Å². The molecule has 0 spiro atoms. The van der Waals surface area contributed by atoms with Crippen LogP contribution in [0, 0.1) is 0 Å². The Morgan fingerprint density at radius 3 is 2.95 bits per heavy atom. The van der Waals surface area contributed by atoms with Crippen LogP contribution in [0.25, 0.3) is 5.69 Å². The van der Waals surface area contributed by atoms with Gasteiger partial charge in [0.1, 0.15) is 0 Å². The Kier molecular flexibility index (Phi) is 5.28. The molecule has 0 saturated heterocycles. The van der Waals surface area contributed by atoms with Gasteiger partial charge in [0, 0.05) is 18.4 Å². The van der Waals surface area contributed by atoms with Crippen molar-refractivity contribution < 1.29 is 4.79 Å². The molecule has 0 aliphatic heterocycles. The largest absolute Gasteiger partial charge is 0.322 e. The van der Waals surface area contributed by atoms with E-state index in [2.05, 4.69) is 15.4 Å². The Balaban J connectivity index is 2.15. The zero-order valence-electron chi connectivity index (χ0n) is 10.6. The molecule has 0 aliphatic carbocycles. The fraction of sp³-hybridized carbons (Fsp3) is 0.250. The summed E-state index contributed by atoms with van der Waals surface area (Å²) in [6, 6.07) is 1.71. The van der Waals surface area contributed by atoms with E-state index in [9.17, 15) is 4.79 Å². The van der Waals surface area contributed by atoms with Crippen molar-refractivity contribution >= 4 is 46.6 Å². The molecule has 106 valence electrons. The van der Waals surface area contributed by atoms with Gasteiger partial charge in [-0.25, -0.2) is 4.68 Å². The molecule has 1 N–H and O–H groups in total. The number of thioether (sulfide) groups is 1. The van der Waals surface area contributed by atoms with E-state index >= 15 is 0 Å². The van der Waals surface area contributed by atoms with Gasteiger partial charge >= 0.3 is 0 Å². The molecule has 2 aromatic heterocycles. The van der Waals surface area contributed by atoms with Crippen LogP contribution in [0.5, 0.6) is 0 Å². The number of nitrogens with zero attached hydrogens (tertiary/aromatic N) is 3. The number of carbonyl (C=O) groups excluding carboxylic acids is 1. The normalized spacial score (nSPS) is 10.6. The lowest BCUT2D eigenvalue weighted by molar-refractivity contribution is -0.115. The van der Waals surface area contributed by atoms with Crippen molar-refractivity contribution in [3.05, 3.63) is 34.8 Å². The van der Waals surface area contributed by atoms with Crippen molar-refractivity contribution in [3.8, 4) is 5.69 Å². The van der Waals surface area contributed by atoms with Crippen LogP contribution >= 0.6 is 35.0 Å². The lowest BCUT2D eigenvalue weighted by Crippen LogP contribution is -2.11. The summed E-state index contributed by atoms with van der Waals surface area (Å²) in [6.45, 7) is 0. The topological polar surface area (TPSA) is 59.8 Å². The lowest BCUT2D eigenvalue weighted by atomic mass is 10.4. The van der Waals surface area contributed by atoms with Crippen LogP contribution in [0.15, 0.2) is 24.7 Å². The molecule has 2 aromatic rings. The molecule has 0 bridgehead atoms. The minimum absolute atomic E-state index is 0.0926. The first-order valence-electron chi connectivity index (χ1n) is 5.75. The van der Waals surface area contributed by atoms with Gasteiger partial charge in [0.05, 0.1) is 28.8 Å². The lowest BCUT2D eigenvalue weighted by Gasteiger charge is -2.01. The Hall–Kier alpha value is -1.24. The summed E-state index contributed by atoms with van der Waals surface area (Å²) in [5.74, 6) is 0.667. The van der Waals surface area contributed by atoms with Crippen LogP contribution in [0.4, 0.5) is 5.69 Å². The Bertz CT molecular complexity index is 617. The predicted molar refractivity (Wildman–Crippen MR) is 83.0 cm³/mol. The molecule has 0 aliphatic rings. The van der Waals surface area contributed by atoms with Crippen molar-refractivity contribution in [2.45, 2.75) is 6.42 Å². The third-order valence-corrected chi connectivity index (χ3v) is 3.53. The SMILES string of the molecule is CSCCC(=O)Nc1cn(-c2cncc(Cl)c2)nc1Cl. The van der Waals surface area contributed by atoms with E-state index in [4.69, 9.17) is 23.2 Å². The van der Waals surface area contributed by atoms with Crippen LogP contribution in [0.2, 0.25) is 10.2 Å². The first-order chi connectivity index (χ1) is 9.60. The molecule has 2 heterocycles. The van der Waals surface area contributed by atoms with Gasteiger partial charge in [-0.05, 0) is 12.3 Å². The summed E-state index contributed by atoms with van der Waals surface area (Å²) < 4.78 is 1.52. The highest BCUT2D eigenvalue weighted by molar-refractivity contribution is 7.98. The highest BCUT2D eigenvalue weighted by Crippen LogP contribution is 2.22. The number of carbonyl (C=O) groups is 1. The molecule has 20 heavy (non-hydrogen) atoms. The average Bonchev–Trinajstić information content (AvgIpc) is 2.78. The molecule has 0 fully saturated rings. The van der Waals surface area contributed by atoms with Gasteiger partial charge in [-0.15, -0.1) is 0 Å². The number of aromatic nitrogens is 3. The van der Waals surface area contributed by atoms with Gasteiger partial charge in [0.15, 0.2) is 5.15 Å². The molecule has 5 nitrogen and oxygen atoms in total. The van der Waals surface area contributed by atoms with E-state index in [-0.39, 0.29) is 11.1 Å². The molecule has 2 rings (SSSR count). The first-order valence-corrected chi connectivity index (χ1v) is 7.90. The van der Waals surface area contributed by atoms with Crippen molar-refractivity contribution in [3.63, 3.8) is 0 Å². The monoisotopic (exact) mass is 330 g/mol. The number of hydrogen-bond donors (Lipinski definition) is 1. The third-order valence-electron chi connectivity index (χ3n) is 2.43. The van der Waals surface area contributed by atoms with Crippen molar-refractivity contribution in [1.82, 2.24) is 14.8 Å². The van der Waals surface area contributed by atoms with Gasteiger partial charge in [-0.1, -0.05) is 23.2 Å². The van der Waals surface area contributed by atoms with E-state index in [0.717, 1.165) is 5.75 Å². The molecule has 0 saturated carbocycles. The van der Waals surface area contributed by atoms with Crippen LogP contribution in [0.1, 0.15) is 6.42 Å². The van der Waals surface area contributed by atoms with E-state index < -0.39 is 0 Å². The number of anilines is 1. The van der Waals surface area contributed by atoms with Crippen LogP contribution < -0.4 is 5.32 Å². The Labute approximate surface area is 130 Å². The second-order valence-electron chi connectivity index (χ2n) is 3.93. The Morgan fingerprint density at radius 2 is 2.25 bits per heavy atom. The standard InChI is InChI=1S/C12H12Cl2N4OS/c1-20-3-2-11(19)16-10-7-18(17-12(10)14)9-4-8(13)5-15-6-9/h4-7H,2-3H2,1H3,(H,16,19). The Morgan fingerprint density at radius 1 is 1.45 bits per heavy atom. The molecule has 0 aromatic carbocycles. The van der Waals surface area contributed by atoms with Gasteiger partial charge in [0.2, 0.25) is 5.91 Å². The van der Waals surface area contributed by atoms with Gasteiger partial charge < -0.3 is 5.32 Å². The van der Waals surface area contributed by atoms with Gasteiger partial charge in [0.25, 0.3) is 0 Å². The van der Waals surface area contributed by atoms with E-state index in [0.29, 0.717) is 22.8 Å². The second-order valence-corrected chi connectivity index (χ2v) is 5.71. The third kappa shape index (κ3) is 3.88. The maximum atomic E-state index is 11.7. The molecule has 1 amide bonds. The summed E-state index contributed by atoms with van der Waals surface area (Å²) in [4.78, 5) is 15.6. The zero-order valence-corrected chi connectivity index (χ0v) is 13.0. The molecular weight excluding hydrogens is 319 g/mol. The fourth-order valence-corrected chi connectivity index (χ4v) is 2.24. The molecule has 0 radical (unpaired) electrons. The number of hydrogen-bond acceptors (Lipinski definition) is 4. The number of rotatable bonds is 5. The first kappa shape index (κ1) is 15.2. The summed E-state index contributed by atoms with van der Waals surface area (Å²) >= 11 is 13.5. The number of amides is 1. The van der Waals surface area contributed by atoms with Crippen molar-refractivity contribution in [2.75, 3.05) is 17.3 Å². The van der Waals surface area contributed by atoms with Gasteiger partial charge in [-0.2, -0.15) is 16.9 Å². The second kappa shape index (κ2) is 6.97. The quantitative estimate of drug-likeness (QED) is 0.913. The van der Waals surface area contributed by atoms with E-state index in [1.807, 2.05) is 6.26 Å². The molecule has 8 heteroatoms. The van der Waals surface area contributed by atoms with Crippen LogP contribution in [-0.2, 0) is 4.79 Å². The van der Waals surface area contributed by atoms with Crippen LogP contribution in [-0.4, -0.2) is 32.7 Å². The van der Waals surface area contributed by atoms with E-state index in [1.54, 1.807) is 30.2 Å². The number of pyridine rings is 1. The van der Waals surface area contributed by atoms with Crippen LogP contribution in [0.3, 0.4) is 0 Å². The smallest absolute Gasteiger partial charge is 0.225 e. The predicted octanol–water partition coefficient (Wildman–Crippen LogP) is 3.27. The summed E-state index contributed by atoms with van der Waals surface area (Å²) in [7, 11) is 0. The molecule has 0 atom stereocenters. The summed E-state index contributed by atoms with van der Waals surface area (Å²) in [5, 5.41) is 7.57. The minimum Gasteiger partial charge on any atom is -0.322 e. The number of nitrogens with one attached hydrogen (secondary N) is 1. The van der Waals surface area contributed by atoms with Gasteiger partial charge in [-0.3, -0.25) is 9.78 Å². The maximum absolute atomic E-state index is 11.7. The molecule has 0 unspecified atom stereocenters. The maximum Gasteiger partial charge on any atom is 0.225 e. The fourth-order valence-electron chi connectivity index (χ4n) is 1.50.